The summed E-state index contributed by atoms with van der Waals surface area (Å²) in [5.74, 6) is 0.838. The Morgan fingerprint density at radius 2 is 1.96 bits per heavy atom. The lowest BCUT2D eigenvalue weighted by Crippen LogP contribution is -2.00. The maximum atomic E-state index is 4.93. The van der Waals surface area contributed by atoms with Gasteiger partial charge in [-0.25, -0.2) is 9.97 Å². The third kappa shape index (κ3) is 2.34. The van der Waals surface area contributed by atoms with E-state index in [1.54, 1.807) is 11.3 Å². The van der Waals surface area contributed by atoms with Crippen LogP contribution >= 0.6 is 11.3 Å². The molecule has 0 unspecified atom stereocenters. The molecule has 0 aliphatic carbocycles. The highest BCUT2D eigenvalue weighted by Crippen LogP contribution is 2.32. The van der Waals surface area contributed by atoms with Crippen LogP contribution in [0.25, 0.3) is 32.6 Å². The Hall–Kier alpha value is -2.20. The lowest BCUT2D eigenvalue weighted by molar-refractivity contribution is 0.660. The van der Waals surface area contributed by atoms with Gasteiger partial charge < -0.3 is 4.57 Å². The van der Waals surface area contributed by atoms with E-state index in [0.29, 0.717) is 0 Å². The van der Waals surface area contributed by atoms with E-state index in [9.17, 15) is 0 Å². The van der Waals surface area contributed by atoms with E-state index < -0.39 is 0 Å². The minimum absolute atomic E-state index is 0.838. The quantitative estimate of drug-likeness (QED) is 0.502. The molecule has 4 heteroatoms. The van der Waals surface area contributed by atoms with E-state index in [2.05, 4.69) is 60.2 Å². The monoisotopic (exact) mass is 321 g/mol. The zero-order chi connectivity index (χ0) is 15.8. The van der Waals surface area contributed by atoms with Crippen LogP contribution in [-0.2, 0) is 6.54 Å². The predicted molar refractivity (Wildman–Crippen MR) is 98.0 cm³/mol. The minimum atomic E-state index is 0.838. The number of aryl methyl sites for hydroxylation is 2. The second-order valence-electron chi connectivity index (χ2n) is 5.83. The molecule has 0 bridgehead atoms. The van der Waals surface area contributed by atoms with Gasteiger partial charge in [-0.3, -0.25) is 0 Å². The molecule has 116 valence electrons. The fourth-order valence-electron chi connectivity index (χ4n) is 3.16. The number of nitrogens with zero attached hydrogens (tertiary/aromatic N) is 3. The van der Waals surface area contributed by atoms with Crippen molar-refractivity contribution < 1.29 is 0 Å². The lowest BCUT2D eigenvalue weighted by atomic mass is 10.2. The first-order valence-electron chi connectivity index (χ1n) is 8.09. The molecule has 0 atom stereocenters. The summed E-state index contributed by atoms with van der Waals surface area (Å²) in [4.78, 5) is 10.8. The van der Waals surface area contributed by atoms with Gasteiger partial charge in [0.25, 0.3) is 0 Å². The molecule has 0 spiro atoms. The Morgan fingerprint density at radius 1 is 1.09 bits per heavy atom. The Bertz CT molecular complexity index is 967. The third-order valence-corrected chi connectivity index (χ3v) is 5.13. The van der Waals surface area contributed by atoms with Crippen LogP contribution in [0, 0.1) is 6.92 Å². The van der Waals surface area contributed by atoms with E-state index in [-0.39, 0.29) is 0 Å². The van der Waals surface area contributed by atoms with E-state index in [0.717, 1.165) is 35.0 Å². The molecule has 0 amide bonds. The molecular formula is C19H19N3S. The minimum Gasteiger partial charge on any atom is -0.325 e. The van der Waals surface area contributed by atoms with Gasteiger partial charge in [0.05, 0.1) is 16.1 Å². The summed E-state index contributed by atoms with van der Waals surface area (Å²) < 4.78 is 2.36. The zero-order valence-corrected chi connectivity index (χ0v) is 14.2. The van der Waals surface area contributed by atoms with Gasteiger partial charge in [0.1, 0.15) is 5.65 Å². The largest absolute Gasteiger partial charge is 0.325 e. The van der Waals surface area contributed by atoms with Crippen molar-refractivity contribution >= 4 is 33.3 Å². The van der Waals surface area contributed by atoms with Crippen LogP contribution in [-0.4, -0.2) is 14.5 Å². The molecule has 0 aliphatic rings. The zero-order valence-electron chi connectivity index (χ0n) is 13.4. The first-order chi connectivity index (χ1) is 11.3. The number of para-hydroxylation sites is 1. The van der Waals surface area contributed by atoms with Gasteiger partial charge >= 0.3 is 0 Å². The molecule has 4 aromatic rings. The average molecular weight is 321 g/mol. The Morgan fingerprint density at radius 3 is 2.74 bits per heavy atom. The van der Waals surface area contributed by atoms with E-state index in [4.69, 9.17) is 9.97 Å². The van der Waals surface area contributed by atoms with Gasteiger partial charge in [-0.1, -0.05) is 37.6 Å². The summed E-state index contributed by atoms with van der Waals surface area (Å²) in [6.45, 7) is 5.32. The number of unbranched alkanes of at least 4 members (excludes halogenated alkanes) is 1. The van der Waals surface area contributed by atoms with Crippen LogP contribution in [0.3, 0.4) is 0 Å². The number of hydrogen-bond acceptors (Lipinski definition) is 3. The summed E-state index contributed by atoms with van der Waals surface area (Å²) >= 11 is 1.69. The van der Waals surface area contributed by atoms with Gasteiger partial charge in [0.2, 0.25) is 0 Å². The maximum absolute atomic E-state index is 4.93. The number of rotatable bonds is 4. The topological polar surface area (TPSA) is 30.7 Å². The molecule has 0 aliphatic heterocycles. The number of hydrogen-bond donors (Lipinski definition) is 0. The van der Waals surface area contributed by atoms with Crippen molar-refractivity contribution in [2.24, 2.45) is 0 Å². The van der Waals surface area contributed by atoms with Crippen molar-refractivity contribution in [3.63, 3.8) is 0 Å². The van der Waals surface area contributed by atoms with Gasteiger partial charge in [0.15, 0.2) is 5.82 Å². The Kier molecular flexibility index (Phi) is 3.62. The molecule has 3 nitrogen and oxygen atoms in total. The average Bonchev–Trinajstić information content (AvgIpc) is 3.19. The van der Waals surface area contributed by atoms with Crippen molar-refractivity contribution in [3.05, 3.63) is 47.5 Å². The van der Waals surface area contributed by atoms with Crippen LogP contribution in [0.2, 0.25) is 0 Å². The Labute approximate surface area is 139 Å². The van der Waals surface area contributed by atoms with Crippen LogP contribution in [0.4, 0.5) is 0 Å². The van der Waals surface area contributed by atoms with E-state index in [1.165, 1.54) is 22.7 Å². The van der Waals surface area contributed by atoms with Gasteiger partial charge in [-0.15, -0.1) is 11.3 Å². The van der Waals surface area contributed by atoms with E-state index >= 15 is 0 Å². The number of benzene rings is 1. The summed E-state index contributed by atoms with van der Waals surface area (Å²) in [6.07, 6.45) is 2.33. The van der Waals surface area contributed by atoms with Crippen molar-refractivity contribution in [1.82, 2.24) is 14.5 Å². The third-order valence-electron chi connectivity index (χ3n) is 4.27. The highest BCUT2D eigenvalue weighted by Gasteiger charge is 2.16. The summed E-state index contributed by atoms with van der Waals surface area (Å²) in [6, 6.07) is 12.7. The van der Waals surface area contributed by atoms with Crippen LogP contribution in [0.1, 0.15) is 25.5 Å². The molecular weight excluding hydrogens is 302 g/mol. The van der Waals surface area contributed by atoms with Crippen molar-refractivity contribution in [2.45, 2.75) is 33.2 Å². The van der Waals surface area contributed by atoms with Gasteiger partial charge in [-0.2, -0.15) is 0 Å². The normalized spacial score (nSPS) is 11.6. The molecule has 0 saturated heterocycles. The lowest BCUT2D eigenvalue weighted by Gasteiger charge is -2.07. The van der Waals surface area contributed by atoms with Crippen LogP contribution < -0.4 is 0 Å². The number of fused-ring (bicyclic) bond motifs is 3. The number of aromatic nitrogens is 3. The highest BCUT2D eigenvalue weighted by atomic mass is 32.1. The summed E-state index contributed by atoms with van der Waals surface area (Å²) in [5.41, 5.74) is 3.39. The highest BCUT2D eigenvalue weighted by molar-refractivity contribution is 7.13. The van der Waals surface area contributed by atoms with Crippen LogP contribution in [0.15, 0.2) is 41.8 Å². The molecule has 3 aromatic heterocycles. The second-order valence-corrected chi connectivity index (χ2v) is 6.78. The Balaban J connectivity index is 2.05. The SMILES string of the molecule is CCCCn1c2ccccc2c2c(C)nc(-c3cccs3)nc21. The van der Waals surface area contributed by atoms with Crippen molar-refractivity contribution in [2.75, 3.05) is 0 Å². The first kappa shape index (κ1) is 14.4. The van der Waals surface area contributed by atoms with Gasteiger partial charge in [0, 0.05) is 17.3 Å². The van der Waals surface area contributed by atoms with Crippen molar-refractivity contribution in [1.29, 1.82) is 0 Å². The second kappa shape index (κ2) is 5.78. The molecule has 23 heavy (non-hydrogen) atoms. The molecule has 0 radical (unpaired) electrons. The molecule has 3 heterocycles. The van der Waals surface area contributed by atoms with Crippen LogP contribution in [0.5, 0.6) is 0 Å². The summed E-state index contributed by atoms with van der Waals surface area (Å²) in [5, 5.41) is 4.52. The van der Waals surface area contributed by atoms with Gasteiger partial charge in [-0.05, 0) is 30.9 Å². The fourth-order valence-corrected chi connectivity index (χ4v) is 3.82. The summed E-state index contributed by atoms with van der Waals surface area (Å²) in [7, 11) is 0. The smallest absolute Gasteiger partial charge is 0.171 e. The van der Waals surface area contributed by atoms with E-state index in [1.807, 2.05) is 0 Å². The molecule has 1 aromatic carbocycles. The maximum Gasteiger partial charge on any atom is 0.171 e. The molecule has 0 N–H and O–H groups in total. The standard InChI is InChI=1S/C19H19N3S/c1-3-4-11-22-15-9-6-5-8-14(15)17-13(2)20-18(21-19(17)22)16-10-7-12-23-16/h5-10,12H,3-4,11H2,1-2H3. The number of thiophene rings is 1. The van der Waals surface area contributed by atoms with Crippen molar-refractivity contribution in [3.8, 4) is 10.7 Å². The molecule has 4 rings (SSSR count). The molecule has 0 fully saturated rings. The fraction of sp³-hybridized carbons (Fsp3) is 0.263. The predicted octanol–water partition coefficient (Wildman–Crippen LogP) is 5.42. The molecule has 0 saturated carbocycles. The first-order valence-corrected chi connectivity index (χ1v) is 8.97.